The minimum Gasteiger partial charge on any atom is -0.492 e. The van der Waals surface area contributed by atoms with E-state index in [2.05, 4.69) is 5.32 Å². The molecule has 2 aromatic rings. The van der Waals surface area contributed by atoms with Gasteiger partial charge in [-0.25, -0.2) is 8.42 Å². The van der Waals surface area contributed by atoms with E-state index >= 15 is 0 Å². The summed E-state index contributed by atoms with van der Waals surface area (Å²) >= 11 is 12.7. The van der Waals surface area contributed by atoms with Gasteiger partial charge in [-0.1, -0.05) is 55.2 Å². The Bertz CT molecular complexity index is 1140. The molecular weight excluding hydrogens is 525 g/mol. The number of ether oxygens (including phenoxy) is 1. The van der Waals surface area contributed by atoms with Gasteiger partial charge >= 0.3 is 0 Å². The minimum absolute atomic E-state index is 0.0693. The van der Waals surface area contributed by atoms with Crippen molar-refractivity contribution in [2.24, 2.45) is 0 Å². The Morgan fingerprint density at radius 2 is 1.67 bits per heavy atom. The zero-order valence-electron chi connectivity index (χ0n) is 21.0. The number of nitrogens with zero attached hydrogens (tertiary/aromatic N) is 2. The van der Waals surface area contributed by atoms with Gasteiger partial charge in [0, 0.05) is 28.7 Å². The maximum absolute atomic E-state index is 13.8. The van der Waals surface area contributed by atoms with Crippen molar-refractivity contribution in [3.63, 3.8) is 0 Å². The maximum Gasteiger partial charge on any atom is 0.244 e. The number of hydrogen-bond acceptors (Lipinski definition) is 5. The number of amides is 2. The summed E-state index contributed by atoms with van der Waals surface area (Å²) in [5.41, 5.74) is 0.700. The van der Waals surface area contributed by atoms with Gasteiger partial charge in [0.1, 0.15) is 18.3 Å². The number of benzene rings is 2. The van der Waals surface area contributed by atoms with E-state index in [0.29, 0.717) is 40.9 Å². The molecule has 1 atom stereocenters. The number of carbonyl (C=O) groups excluding carboxylic acids is 2. The van der Waals surface area contributed by atoms with Crippen molar-refractivity contribution >= 4 is 50.7 Å². The van der Waals surface area contributed by atoms with Gasteiger partial charge in [-0.3, -0.25) is 13.9 Å². The summed E-state index contributed by atoms with van der Waals surface area (Å²) in [5.74, 6) is -0.593. The molecule has 0 heterocycles. The van der Waals surface area contributed by atoms with Crippen LogP contribution in [0.4, 0.5) is 5.69 Å². The molecule has 0 spiro atoms. The van der Waals surface area contributed by atoms with Crippen LogP contribution in [0.15, 0.2) is 42.5 Å². The maximum atomic E-state index is 13.8. The molecule has 0 fully saturated rings. The number of carbonyl (C=O) groups is 2. The van der Waals surface area contributed by atoms with Crippen LogP contribution in [0.5, 0.6) is 5.75 Å². The summed E-state index contributed by atoms with van der Waals surface area (Å²) in [6.07, 6.45) is 2.05. The molecule has 0 aliphatic heterocycles. The fraction of sp³-hybridized carbons (Fsp3) is 0.440. The van der Waals surface area contributed by atoms with Crippen molar-refractivity contribution in [1.29, 1.82) is 0 Å². The summed E-state index contributed by atoms with van der Waals surface area (Å²) in [6.45, 7) is 5.64. The van der Waals surface area contributed by atoms with E-state index < -0.39 is 28.5 Å². The molecule has 0 aromatic heterocycles. The number of sulfonamides is 1. The highest BCUT2D eigenvalue weighted by Crippen LogP contribution is 2.31. The van der Waals surface area contributed by atoms with Crippen molar-refractivity contribution in [2.45, 2.75) is 46.2 Å². The fourth-order valence-electron chi connectivity index (χ4n) is 3.67. The zero-order chi connectivity index (χ0) is 26.9. The first-order chi connectivity index (χ1) is 17.0. The van der Waals surface area contributed by atoms with Gasteiger partial charge in [0.15, 0.2) is 0 Å². The molecular formula is C25H33Cl2N3O5S. The van der Waals surface area contributed by atoms with E-state index in [1.165, 1.54) is 4.90 Å². The first-order valence-corrected chi connectivity index (χ1v) is 14.3. The molecule has 0 saturated heterocycles. The molecule has 36 heavy (non-hydrogen) atoms. The van der Waals surface area contributed by atoms with Gasteiger partial charge in [-0.2, -0.15) is 0 Å². The predicted molar refractivity (Wildman–Crippen MR) is 144 cm³/mol. The van der Waals surface area contributed by atoms with E-state index in [4.69, 9.17) is 27.9 Å². The highest BCUT2D eigenvalue weighted by Gasteiger charge is 2.33. The summed E-state index contributed by atoms with van der Waals surface area (Å²) < 4.78 is 32.2. The van der Waals surface area contributed by atoms with Crippen molar-refractivity contribution in [2.75, 3.05) is 30.3 Å². The molecule has 1 N–H and O–H groups in total. The van der Waals surface area contributed by atoms with Crippen LogP contribution in [0.2, 0.25) is 10.0 Å². The second-order valence-corrected chi connectivity index (χ2v) is 10.8. The minimum atomic E-state index is -3.89. The predicted octanol–water partition coefficient (Wildman–Crippen LogP) is 4.49. The first kappa shape index (κ1) is 29.7. The Morgan fingerprint density at radius 1 is 1.03 bits per heavy atom. The quantitative estimate of drug-likeness (QED) is 0.391. The topological polar surface area (TPSA) is 96.0 Å². The second kappa shape index (κ2) is 13.7. The summed E-state index contributed by atoms with van der Waals surface area (Å²) in [6, 6.07) is 10.7. The SMILES string of the molecule is CCCNC(=O)[C@H](CC)N(Cc1c(Cl)cccc1Cl)C(=O)CN(c1ccccc1OCC)S(C)(=O)=O. The van der Waals surface area contributed by atoms with Crippen LogP contribution >= 0.6 is 23.2 Å². The lowest BCUT2D eigenvalue weighted by Crippen LogP contribution is -2.52. The number of anilines is 1. The zero-order valence-corrected chi connectivity index (χ0v) is 23.3. The first-order valence-electron chi connectivity index (χ1n) is 11.7. The van der Waals surface area contributed by atoms with Crippen molar-refractivity contribution in [3.8, 4) is 5.75 Å². The lowest BCUT2D eigenvalue weighted by Gasteiger charge is -2.33. The smallest absolute Gasteiger partial charge is 0.244 e. The Labute approximate surface area is 223 Å². The van der Waals surface area contributed by atoms with Crippen LogP contribution in [0.3, 0.4) is 0 Å². The molecule has 2 rings (SSSR count). The molecule has 0 saturated carbocycles. The Morgan fingerprint density at radius 3 is 2.22 bits per heavy atom. The van der Waals surface area contributed by atoms with Gasteiger partial charge in [-0.05, 0) is 44.0 Å². The molecule has 198 valence electrons. The van der Waals surface area contributed by atoms with Crippen LogP contribution in [0.1, 0.15) is 39.2 Å². The summed E-state index contributed by atoms with van der Waals surface area (Å²) in [4.78, 5) is 28.1. The van der Waals surface area contributed by atoms with Gasteiger partial charge < -0.3 is 15.0 Å². The molecule has 0 bridgehead atoms. The van der Waals surface area contributed by atoms with Crippen LogP contribution in [0, 0.1) is 0 Å². The largest absolute Gasteiger partial charge is 0.492 e. The molecule has 2 aromatic carbocycles. The number of nitrogens with one attached hydrogen (secondary N) is 1. The van der Waals surface area contributed by atoms with E-state index in [1.54, 1.807) is 56.3 Å². The molecule has 11 heteroatoms. The number of rotatable bonds is 13. The van der Waals surface area contributed by atoms with Crippen LogP contribution in [0.25, 0.3) is 0 Å². The lowest BCUT2D eigenvalue weighted by molar-refractivity contribution is -0.140. The third kappa shape index (κ3) is 7.75. The van der Waals surface area contributed by atoms with Crippen LogP contribution in [-0.2, 0) is 26.2 Å². The van der Waals surface area contributed by atoms with Crippen LogP contribution < -0.4 is 14.4 Å². The number of halogens is 2. The standard InChI is InChI=1S/C25H33Cl2N3O5S/c1-5-15-28-25(32)21(6-2)29(16-18-19(26)11-10-12-20(18)27)24(31)17-30(36(4,33)34)22-13-8-9-14-23(22)35-7-3/h8-14,21H,5-7,15-17H2,1-4H3,(H,28,32)/t21-/m0/s1. The van der Waals surface area contributed by atoms with Gasteiger partial charge in [0.25, 0.3) is 0 Å². The highest BCUT2D eigenvalue weighted by atomic mass is 35.5. The van der Waals surface area contributed by atoms with E-state index in [9.17, 15) is 18.0 Å². The summed E-state index contributed by atoms with van der Waals surface area (Å²) in [5, 5.41) is 3.50. The van der Waals surface area contributed by atoms with Crippen LogP contribution in [-0.4, -0.2) is 57.1 Å². The lowest BCUT2D eigenvalue weighted by atomic mass is 10.1. The molecule has 0 radical (unpaired) electrons. The normalized spacial score (nSPS) is 12.1. The summed E-state index contributed by atoms with van der Waals surface area (Å²) in [7, 11) is -3.89. The number of para-hydroxylation sites is 2. The monoisotopic (exact) mass is 557 g/mol. The van der Waals surface area contributed by atoms with E-state index in [1.807, 2.05) is 6.92 Å². The average Bonchev–Trinajstić information content (AvgIpc) is 2.82. The van der Waals surface area contributed by atoms with Crippen molar-refractivity contribution < 1.29 is 22.7 Å². The molecule has 0 aliphatic carbocycles. The van der Waals surface area contributed by atoms with Gasteiger partial charge in [0.2, 0.25) is 21.8 Å². The molecule has 0 aliphatic rings. The van der Waals surface area contributed by atoms with Gasteiger partial charge in [-0.15, -0.1) is 0 Å². The van der Waals surface area contributed by atoms with E-state index in [0.717, 1.165) is 17.0 Å². The van der Waals surface area contributed by atoms with Gasteiger partial charge in [0.05, 0.1) is 18.6 Å². The average molecular weight is 559 g/mol. The molecule has 0 unspecified atom stereocenters. The third-order valence-corrected chi connectivity index (χ3v) is 7.27. The second-order valence-electron chi connectivity index (χ2n) is 8.11. The van der Waals surface area contributed by atoms with Crippen molar-refractivity contribution in [3.05, 3.63) is 58.1 Å². The van der Waals surface area contributed by atoms with E-state index in [-0.39, 0.29) is 18.1 Å². The van der Waals surface area contributed by atoms with Crippen molar-refractivity contribution in [1.82, 2.24) is 10.2 Å². The Balaban J connectivity index is 2.53. The Hall–Kier alpha value is -2.49. The fourth-order valence-corrected chi connectivity index (χ4v) is 5.04. The third-order valence-electron chi connectivity index (χ3n) is 5.44. The molecule has 2 amide bonds. The molecule has 8 nitrogen and oxygen atoms in total. The Kier molecular flexibility index (Phi) is 11.3. The highest BCUT2D eigenvalue weighted by molar-refractivity contribution is 7.92. The number of hydrogen-bond donors (Lipinski definition) is 1.